The fourth-order valence-electron chi connectivity index (χ4n) is 11.9. The Hall–Kier alpha value is -0.120. The molecule has 202 valence electrons. The normalized spacial score (nSPS) is 50.5. The molecule has 2 spiro atoms. The second kappa shape index (κ2) is 8.19. The van der Waals surface area contributed by atoms with E-state index in [1.165, 1.54) is 51.4 Å². The predicted molar refractivity (Wildman–Crippen MR) is 143 cm³/mol. The molecule has 1 unspecified atom stereocenters. The molecule has 0 aromatic carbocycles. The zero-order valence-electron chi connectivity index (χ0n) is 24.3. The molecule has 3 nitrogen and oxygen atoms in total. The largest absolute Gasteiger partial charge is 0.393 e. The highest BCUT2D eigenvalue weighted by molar-refractivity contribution is 5.30. The Morgan fingerprint density at radius 2 is 1.51 bits per heavy atom. The van der Waals surface area contributed by atoms with E-state index in [0.717, 1.165) is 37.0 Å². The van der Waals surface area contributed by atoms with Crippen molar-refractivity contribution in [1.82, 2.24) is 0 Å². The quantitative estimate of drug-likeness (QED) is 0.397. The summed E-state index contributed by atoms with van der Waals surface area (Å²) in [5.74, 6) is 3.37. The van der Waals surface area contributed by atoms with Crippen LogP contribution in [-0.2, 0) is 4.74 Å². The van der Waals surface area contributed by atoms with Crippen LogP contribution >= 0.6 is 0 Å². The van der Waals surface area contributed by atoms with Crippen molar-refractivity contribution in [3.05, 3.63) is 0 Å². The fraction of sp³-hybridized carbons (Fsp3) is 1.00. The zero-order chi connectivity index (χ0) is 25.7. The summed E-state index contributed by atoms with van der Waals surface area (Å²) in [6.07, 6.45) is 14.1. The molecule has 5 aliphatic carbocycles. The lowest BCUT2D eigenvalue weighted by atomic mass is 9.41. The molecule has 0 bridgehead atoms. The fourth-order valence-corrected chi connectivity index (χ4v) is 11.9. The highest BCUT2D eigenvalue weighted by atomic mass is 16.5. The van der Waals surface area contributed by atoms with Crippen molar-refractivity contribution < 1.29 is 14.9 Å². The van der Waals surface area contributed by atoms with Gasteiger partial charge in [0.2, 0.25) is 0 Å². The first-order valence-electron chi connectivity index (χ1n) is 15.1. The topological polar surface area (TPSA) is 49.7 Å². The lowest BCUT2D eigenvalue weighted by molar-refractivity contribution is -0.162. The van der Waals surface area contributed by atoms with Crippen molar-refractivity contribution in [2.45, 2.75) is 131 Å². The molecule has 10 atom stereocenters. The van der Waals surface area contributed by atoms with Gasteiger partial charge in [0.25, 0.3) is 0 Å². The van der Waals surface area contributed by atoms with Gasteiger partial charge in [0.1, 0.15) is 0 Å². The van der Waals surface area contributed by atoms with Crippen molar-refractivity contribution in [3.63, 3.8) is 0 Å². The lowest BCUT2D eigenvalue weighted by Gasteiger charge is -2.63. The standard InChI is InChI=1S/C32H56O3/c1-21(2)32(20-33,35-8)16-11-22(3)23-12-14-29(7)25-10-9-24-27(4,5)26(34)13-15-30(24)19-31(25,30)18-17-28(23,29)6/h21-26,33-34H,9-20H2,1-8H3/t22-,23-,24+,25+,26+,28-,29+,30-,31+,32?/m1/s1. The Morgan fingerprint density at radius 3 is 2.14 bits per heavy atom. The molecule has 5 rings (SSSR count). The number of aliphatic hydroxyl groups excluding tert-OH is 2. The van der Waals surface area contributed by atoms with Crippen LogP contribution in [0.1, 0.15) is 119 Å². The van der Waals surface area contributed by atoms with Crippen LogP contribution < -0.4 is 0 Å². The molecule has 0 amide bonds. The van der Waals surface area contributed by atoms with E-state index in [1.807, 2.05) is 0 Å². The Morgan fingerprint density at radius 1 is 0.857 bits per heavy atom. The van der Waals surface area contributed by atoms with Crippen LogP contribution in [0.3, 0.4) is 0 Å². The molecule has 5 aliphatic rings. The maximum Gasteiger partial charge on any atom is 0.0931 e. The summed E-state index contributed by atoms with van der Waals surface area (Å²) in [5.41, 5.74) is 1.66. The molecule has 3 heteroatoms. The Bertz CT molecular complexity index is 816. The minimum atomic E-state index is -0.398. The summed E-state index contributed by atoms with van der Waals surface area (Å²) in [6, 6.07) is 0. The van der Waals surface area contributed by atoms with E-state index in [4.69, 9.17) is 4.74 Å². The summed E-state index contributed by atoms with van der Waals surface area (Å²) < 4.78 is 5.91. The van der Waals surface area contributed by atoms with E-state index < -0.39 is 5.60 Å². The van der Waals surface area contributed by atoms with Gasteiger partial charge in [0.15, 0.2) is 0 Å². The zero-order valence-corrected chi connectivity index (χ0v) is 24.3. The molecule has 5 saturated carbocycles. The van der Waals surface area contributed by atoms with Crippen molar-refractivity contribution in [3.8, 4) is 0 Å². The average Bonchev–Trinajstić information content (AvgIpc) is 3.40. The van der Waals surface area contributed by atoms with Crippen LogP contribution in [0.2, 0.25) is 0 Å². The predicted octanol–water partition coefficient (Wildman–Crippen LogP) is 7.24. The second-order valence-electron chi connectivity index (χ2n) is 15.6. The summed E-state index contributed by atoms with van der Waals surface area (Å²) in [6.45, 7) is 17.1. The second-order valence-corrected chi connectivity index (χ2v) is 15.6. The number of fused-ring (bicyclic) bond motifs is 2. The molecule has 0 aliphatic heterocycles. The van der Waals surface area contributed by atoms with Gasteiger partial charge in [-0.1, -0.05) is 48.5 Å². The molecule has 0 saturated heterocycles. The van der Waals surface area contributed by atoms with Crippen LogP contribution in [-0.4, -0.2) is 35.6 Å². The van der Waals surface area contributed by atoms with Gasteiger partial charge in [0.05, 0.1) is 18.3 Å². The lowest BCUT2D eigenvalue weighted by Crippen LogP contribution is -2.57. The molecule has 0 aromatic rings. The van der Waals surface area contributed by atoms with Gasteiger partial charge in [-0.25, -0.2) is 0 Å². The maximum absolute atomic E-state index is 10.9. The number of ether oxygens (including phenoxy) is 1. The molecule has 35 heavy (non-hydrogen) atoms. The van der Waals surface area contributed by atoms with Gasteiger partial charge < -0.3 is 14.9 Å². The average molecular weight is 489 g/mol. The van der Waals surface area contributed by atoms with Crippen LogP contribution in [0.5, 0.6) is 0 Å². The van der Waals surface area contributed by atoms with Crippen LogP contribution in [0.25, 0.3) is 0 Å². The maximum atomic E-state index is 10.9. The van der Waals surface area contributed by atoms with E-state index in [2.05, 4.69) is 48.5 Å². The van der Waals surface area contributed by atoms with Crippen molar-refractivity contribution >= 4 is 0 Å². The molecule has 0 radical (unpaired) electrons. The van der Waals surface area contributed by atoms with Gasteiger partial charge in [-0.3, -0.25) is 0 Å². The number of hydrogen-bond acceptors (Lipinski definition) is 3. The molecule has 5 fully saturated rings. The number of rotatable bonds is 7. The van der Waals surface area contributed by atoms with Crippen LogP contribution in [0, 0.1) is 56.7 Å². The summed E-state index contributed by atoms with van der Waals surface area (Å²) in [7, 11) is 1.78. The molecular formula is C32H56O3. The van der Waals surface area contributed by atoms with Gasteiger partial charge in [0, 0.05) is 7.11 Å². The summed E-state index contributed by atoms with van der Waals surface area (Å²) in [4.78, 5) is 0. The highest BCUT2D eigenvalue weighted by Gasteiger charge is 2.82. The van der Waals surface area contributed by atoms with Gasteiger partial charge in [-0.05, 0) is 127 Å². The van der Waals surface area contributed by atoms with Gasteiger partial charge in [-0.2, -0.15) is 0 Å². The van der Waals surface area contributed by atoms with Gasteiger partial charge >= 0.3 is 0 Å². The van der Waals surface area contributed by atoms with E-state index in [0.29, 0.717) is 33.5 Å². The number of aliphatic hydroxyl groups is 2. The highest BCUT2D eigenvalue weighted by Crippen LogP contribution is 2.89. The van der Waals surface area contributed by atoms with Crippen LogP contribution in [0.15, 0.2) is 0 Å². The molecule has 0 heterocycles. The first kappa shape index (κ1) is 26.5. The van der Waals surface area contributed by atoms with E-state index in [1.54, 1.807) is 7.11 Å². The molecule has 2 N–H and O–H groups in total. The van der Waals surface area contributed by atoms with Crippen LogP contribution in [0.4, 0.5) is 0 Å². The molecule has 0 aromatic heterocycles. The first-order valence-corrected chi connectivity index (χ1v) is 15.1. The minimum Gasteiger partial charge on any atom is -0.393 e. The van der Waals surface area contributed by atoms with Crippen molar-refractivity contribution in [1.29, 1.82) is 0 Å². The third-order valence-electron chi connectivity index (χ3n) is 14.6. The van der Waals surface area contributed by atoms with E-state index >= 15 is 0 Å². The summed E-state index contributed by atoms with van der Waals surface area (Å²) >= 11 is 0. The third-order valence-corrected chi connectivity index (χ3v) is 14.6. The van der Waals surface area contributed by atoms with Crippen molar-refractivity contribution in [2.24, 2.45) is 56.7 Å². The van der Waals surface area contributed by atoms with E-state index in [-0.39, 0.29) is 18.1 Å². The SMILES string of the molecule is COC(CO)(CC[C@@H](C)[C@H]1CC[C@@]2(C)[C@@H]3CC[C@H]4C(C)(C)[C@@H](O)CC[C@@]45C[C@@]35CC[C@]12C)C(C)C. The van der Waals surface area contributed by atoms with Crippen molar-refractivity contribution in [2.75, 3.05) is 13.7 Å². The molecular weight excluding hydrogens is 432 g/mol. The Balaban J connectivity index is 1.36. The van der Waals surface area contributed by atoms with E-state index in [9.17, 15) is 10.2 Å². The Kier molecular flexibility index (Phi) is 6.20. The summed E-state index contributed by atoms with van der Waals surface area (Å²) in [5, 5.41) is 21.1. The smallest absolute Gasteiger partial charge is 0.0931 e. The first-order chi connectivity index (χ1) is 16.3. The monoisotopic (exact) mass is 488 g/mol. The Labute approximate surface area is 216 Å². The minimum absolute atomic E-state index is 0.0814. The number of methoxy groups -OCH3 is 1. The van der Waals surface area contributed by atoms with Gasteiger partial charge in [-0.15, -0.1) is 0 Å². The third kappa shape index (κ3) is 3.19. The number of hydrogen-bond donors (Lipinski definition) is 2.